The Morgan fingerprint density at radius 3 is 2.76 bits per heavy atom. The molecule has 3 N–H and O–H groups in total. The minimum Gasteiger partial charge on any atom is -0.478 e. The lowest BCUT2D eigenvalue weighted by atomic mass is 10.2. The van der Waals surface area contributed by atoms with Gasteiger partial charge in [0.1, 0.15) is 17.3 Å². The average molecular weight is 293 g/mol. The molecule has 110 valence electrons. The van der Waals surface area contributed by atoms with Crippen LogP contribution in [0.3, 0.4) is 0 Å². The lowest BCUT2D eigenvalue weighted by Crippen LogP contribution is -2.29. The molecule has 1 aromatic carbocycles. The second kappa shape index (κ2) is 6.04. The number of carboxylic acid groups (broad SMARTS) is 1. The number of aryl methyl sites for hydroxylation is 1. The highest BCUT2D eigenvalue weighted by Crippen LogP contribution is 2.17. The normalized spacial score (nSPS) is 10.2. The fraction of sp³-hybridized carbons (Fsp3) is 0.154. The van der Waals surface area contributed by atoms with Gasteiger partial charge in [-0.05, 0) is 25.1 Å². The van der Waals surface area contributed by atoms with Gasteiger partial charge in [0.15, 0.2) is 0 Å². The Bertz CT molecular complexity index is 684. The number of rotatable bonds is 4. The largest absolute Gasteiger partial charge is 0.478 e. The van der Waals surface area contributed by atoms with Gasteiger partial charge in [0.2, 0.25) is 0 Å². The zero-order valence-electron chi connectivity index (χ0n) is 11.0. The monoisotopic (exact) mass is 293 g/mol. The number of anilines is 1. The van der Waals surface area contributed by atoms with E-state index in [4.69, 9.17) is 9.63 Å². The smallest absolute Gasteiger partial charge is 0.337 e. The second-order valence-electron chi connectivity index (χ2n) is 4.23. The molecule has 0 spiro atoms. The molecule has 0 atom stereocenters. The van der Waals surface area contributed by atoms with Gasteiger partial charge in [-0.2, -0.15) is 0 Å². The van der Waals surface area contributed by atoms with Crippen molar-refractivity contribution in [2.45, 2.75) is 13.5 Å². The highest BCUT2D eigenvalue weighted by molar-refractivity contribution is 5.99. The zero-order chi connectivity index (χ0) is 15.4. The summed E-state index contributed by atoms with van der Waals surface area (Å²) in [4.78, 5) is 22.7. The molecule has 21 heavy (non-hydrogen) atoms. The van der Waals surface area contributed by atoms with Crippen LogP contribution in [0.15, 0.2) is 28.8 Å². The van der Waals surface area contributed by atoms with Crippen LogP contribution in [0.2, 0.25) is 0 Å². The number of urea groups is 1. The minimum absolute atomic E-state index is 0.0981. The Hall–Kier alpha value is -2.90. The quantitative estimate of drug-likeness (QED) is 0.801. The fourth-order valence-corrected chi connectivity index (χ4v) is 1.64. The first-order valence-electron chi connectivity index (χ1n) is 5.95. The summed E-state index contributed by atoms with van der Waals surface area (Å²) in [7, 11) is 0. The molecule has 0 saturated heterocycles. The highest BCUT2D eigenvalue weighted by Gasteiger charge is 2.13. The van der Waals surface area contributed by atoms with Gasteiger partial charge >= 0.3 is 12.0 Å². The number of amides is 2. The first-order valence-corrected chi connectivity index (χ1v) is 5.95. The maximum atomic E-state index is 13.1. The molecule has 0 bridgehead atoms. The second-order valence-corrected chi connectivity index (χ2v) is 4.23. The van der Waals surface area contributed by atoms with Crippen molar-refractivity contribution >= 4 is 17.7 Å². The van der Waals surface area contributed by atoms with E-state index in [0.717, 1.165) is 18.2 Å². The van der Waals surface area contributed by atoms with Crippen molar-refractivity contribution in [1.29, 1.82) is 0 Å². The minimum atomic E-state index is -1.27. The van der Waals surface area contributed by atoms with Crippen molar-refractivity contribution in [2.24, 2.45) is 0 Å². The van der Waals surface area contributed by atoms with Crippen LogP contribution in [-0.2, 0) is 6.54 Å². The molecule has 1 aromatic heterocycles. The average Bonchev–Trinajstić information content (AvgIpc) is 2.82. The molecule has 1 heterocycles. The number of carbonyl (C=O) groups is 2. The van der Waals surface area contributed by atoms with E-state index in [0.29, 0.717) is 11.5 Å². The van der Waals surface area contributed by atoms with E-state index >= 15 is 0 Å². The topological polar surface area (TPSA) is 104 Å². The van der Waals surface area contributed by atoms with Crippen molar-refractivity contribution in [3.63, 3.8) is 0 Å². The van der Waals surface area contributed by atoms with E-state index in [-0.39, 0.29) is 17.8 Å². The predicted octanol–water partition coefficient (Wildman–Crippen LogP) is 2.14. The molecule has 0 radical (unpaired) electrons. The summed E-state index contributed by atoms with van der Waals surface area (Å²) in [6, 6.07) is 3.98. The van der Waals surface area contributed by atoms with Gasteiger partial charge in [-0.25, -0.2) is 14.0 Å². The van der Waals surface area contributed by atoms with Crippen LogP contribution in [0, 0.1) is 12.7 Å². The number of hydrogen-bond acceptors (Lipinski definition) is 4. The molecule has 0 aliphatic rings. The molecule has 0 unspecified atom stereocenters. The molecule has 2 rings (SSSR count). The summed E-state index contributed by atoms with van der Waals surface area (Å²) in [5.74, 6) is -1.31. The number of halogens is 1. The number of nitrogens with zero attached hydrogens (tertiary/aromatic N) is 1. The van der Waals surface area contributed by atoms with E-state index in [2.05, 4.69) is 15.8 Å². The molecular weight excluding hydrogens is 281 g/mol. The molecule has 0 saturated carbocycles. The maximum Gasteiger partial charge on any atom is 0.337 e. The third-order valence-corrected chi connectivity index (χ3v) is 2.57. The third kappa shape index (κ3) is 3.78. The number of hydrogen-bond donors (Lipinski definition) is 3. The zero-order valence-corrected chi connectivity index (χ0v) is 11.0. The van der Waals surface area contributed by atoms with Gasteiger partial charge in [0, 0.05) is 6.07 Å². The number of aromatic nitrogens is 1. The molecular formula is C13H12FN3O4. The number of carboxylic acids is 1. The number of aromatic carboxylic acids is 1. The Morgan fingerprint density at radius 1 is 1.38 bits per heavy atom. The number of carbonyl (C=O) groups excluding carboxylic acids is 1. The van der Waals surface area contributed by atoms with E-state index in [1.807, 2.05) is 0 Å². The van der Waals surface area contributed by atoms with E-state index < -0.39 is 17.8 Å². The van der Waals surface area contributed by atoms with E-state index in [1.165, 1.54) is 0 Å². The summed E-state index contributed by atoms with van der Waals surface area (Å²) in [5.41, 5.74) is 0.181. The van der Waals surface area contributed by atoms with Crippen LogP contribution >= 0.6 is 0 Å². The predicted molar refractivity (Wildman–Crippen MR) is 70.5 cm³/mol. The fourth-order valence-electron chi connectivity index (χ4n) is 1.64. The number of benzene rings is 1. The molecule has 7 nitrogen and oxygen atoms in total. The lowest BCUT2D eigenvalue weighted by molar-refractivity contribution is 0.0698. The summed E-state index contributed by atoms with van der Waals surface area (Å²) in [5, 5.41) is 17.4. The summed E-state index contributed by atoms with van der Waals surface area (Å²) < 4.78 is 18.0. The van der Waals surface area contributed by atoms with Crippen LogP contribution in [0.25, 0.3) is 0 Å². The molecule has 2 aromatic rings. The van der Waals surface area contributed by atoms with Crippen molar-refractivity contribution in [3.8, 4) is 0 Å². The lowest BCUT2D eigenvalue weighted by Gasteiger charge is -2.09. The van der Waals surface area contributed by atoms with Crippen LogP contribution in [-0.4, -0.2) is 22.3 Å². The number of nitrogens with one attached hydrogen (secondary N) is 2. The Labute approximate surface area is 118 Å². The van der Waals surface area contributed by atoms with E-state index in [1.54, 1.807) is 13.0 Å². The third-order valence-electron chi connectivity index (χ3n) is 2.57. The van der Waals surface area contributed by atoms with Gasteiger partial charge in [-0.3, -0.25) is 0 Å². The molecule has 0 fully saturated rings. The summed E-state index contributed by atoms with van der Waals surface area (Å²) >= 11 is 0. The molecule has 2 amide bonds. The molecule has 0 aliphatic heterocycles. The molecule has 8 heteroatoms. The maximum absolute atomic E-state index is 13.1. The van der Waals surface area contributed by atoms with Gasteiger partial charge in [-0.15, -0.1) is 0 Å². The van der Waals surface area contributed by atoms with Gasteiger partial charge in [0.05, 0.1) is 17.8 Å². The van der Waals surface area contributed by atoms with Crippen molar-refractivity contribution < 1.29 is 23.6 Å². The van der Waals surface area contributed by atoms with Gasteiger partial charge in [0.25, 0.3) is 0 Å². The van der Waals surface area contributed by atoms with Crippen LogP contribution in [0.4, 0.5) is 14.9 Å². The van der Waals surface area contributed by atoms with Crippen LogP contribution < -0.4 is 10.6 Å². The first-order chi connectivity index (χ1) is 9.95. The van der Waals surface area contributed by atoms with Crippen molar-refractivity contribution in [1.82, 2.24) is 10.5 Å². The summed E-state index contributed by atoms with van der Waals surface area (Å²) in [6.45, 7) is 1.81. The first kappa shape index (κ1) is 14.5. The Morgan fingerprint density at radius 2 is 2.14 bits per heavy atom. The van der Waals surface area contributed by atoms with Crippen molar-refractivity contribution in [3.05, 3.63) is 47.1 Å². The Kier molecular flexibility index (Phi) is 4.17. The van der Waals surface area contributed by atoms with Gasteiger partial charge < -0.3 is 20.3 Å². The molecule has 0 aliphatic carbocycles. The Balaban J connectivity index is 2.02. The van der Waals surface area contributed by atoms with Crippen LogP contribution in [0.1, 0.15) is 21.8 Å². The van der Waals surface area contributed by atoms with Crippen LogP contribution in [0.5, 0.6) is 0 Å². The van der Waals surface area contributed by atoms with E-state index in [9.17, 15) is 14.0 Å². The highest BCUT2D eigenvalue weighted by atomic mass is 19.1. The van der Waals surface area contributed by atoms with Crippen molar-refractivity contribution in [2.75, 3.05) is 5.32 Å². The van der Waals surface area contributed by atoms with Gasteiger partial charge in [-0.1, -0.05) is 5.16 Å². The summed E-state index contributed by atoms with van der Waals surface area (Å²) in [6.07, 6.45) is 0. The SMILES string of the molecule is Cc1cc(CNC(=O)Nc2cc(F)ccc2C(=O)O)no1. The standard InChI is InChI=1S/C13H12FN3O4/c1-7-4-9(17-21-7)6-15-13(20)16-11-5-8(14)2-3-10(11)12(18)19/h2-5H,6H2,1H3,(H,18,19)(H2,15,16,20).